The molecule has 0 saturated carbocycles. The molecule has 0 aliphatic rings. The maximum absolute atomic E-state index is 12.8. The molecule has 3 heteroatoms. The van der Waals surface area contributed by atoms with Crippen LogP contribution in [0.2, 0.25) is 19.1 Å². The molecule has 56 valence electrons. The fraction of sp³-hybridized carbons (Fsp3) is 1.00. The summed E-state index contributed by atoms with van der Waals surface area (Å²) in [6.07, 6.45) is 1.94. The molecule has 2 N–H and O–H groups in total. The van der Waals surface area contributed by atoms with E-state index in [0.717, 1.165) is 18.9 Å². The van der Waals surface area contributed by atoms with Crippen molar-refractivity contribution in [2.24, 2.45) is 5.73 Å². The third-order valence-corrected chi connectivity index (χ3v) is 2.77. The summed E-state index contributed by atoms with van der Waals surface area (Å²) in [5.74, 6) is 0. The minimum Gasteiger partial charge on any atom is -0.330 e. The molecule has 0 saturated heterocycles. The van der Waals surface area contributed by atoms with Crippen LogP contribution in [0.1, 0.15) is 12.8 Å². The highest BCUT2D eigenvalue weighted by atomic mass is 28.4. The minimum atomic E-state index is -2.25. The van der Waals surface area contributed by atoms with E-state index in [1.54, 1.807) is 13.1 Å². The smallest absolute Gasteiger partial charge is 0.240 e. The molecule has 0 heterocycles. The van der Waals surface area contributed by atoms with Crippen LogP contribution < -0.4 is 5.73 Å². The molecular weight excluding hydrogens is 133 g/mol. The van der Waals surface area contributed by atoms with Crippen LogP contribution >= 0.6 is 0 Å². The Morgan fingerprint density at radius 2 is 1.89 bits per heavy atom. The van der Waals surface area contributed by atoms with Crippen molar-refractivity contribution in [2.75, 3.05) is 6.54 Å². The van der Waals surface area contributed by atoms with E-state index >= 15 is 0 Å². The standard InChI is InChI=1S/C6H16FNSi/c1-9(2,7)6-4-3-5-8/h3-6,8H2,1-2H3. The molecule has 0 amide bonds. The lowest BCUT2D eigenvalue weighted by molar-refractivity contribution is 0.731. The van der Waals surface area contributed by atoms with Gasteiger partial charge >= 0.3 is 0 Å². The van der Waals surface area contributed by atoms with Crippen LogP contribution in [0, 0.1) is 0 Å². The highest BCUT2D eigenvalue weighted by Gasteiger charge is 2.18. The van der Waals surface area contributed by atoms with E-state index in [-0.39, 0.29) is 0 Å². The van der Waals surface area contributed by atoms with Gasteiger partial charge in [0, 0.05) is 0 Å². The predicted octanol–water partition coefficient (Wildman–Crippen LogP) is 1.90. The van der Waals surface area contributed by atoms with Gasteiger partial charge in [0.1, 0.15) is 0 Å². The lowest BCUT2D eigenvalue weighted by Crippen LogP contribution is -2.17. The fourth-order valence-electron chi connectivity index (χ4n) is 0.690. The van der Waals surface area contributed by atoms with Crippen LogP contribution in [0.4, 0.5) is 4.11 Å². The molecule has 0 spiro atoms. The Labute approximate surface area is 57.6 Å². The van der Waals surface area contributed by atoms with E-state index in [2.05, 4.69) is 0 Å². The van der Waals surface area contributed by atoms with E-state index in [1.165, 1.54) is 0 Å². The number of halogens is 1. The summed E-state index contributed by atoms with van der Waals surface area (Å²) in [7, 11) is -2.25. The topological polar surface area (TPSA) is 26.0 Å². The van der Waals surface area contributed by atoms with Crippen LogP contribution in [0.25, 0.3) is 0 Å². The second-order valence-corrected chi connectivity index (χ2v) is 6.90. The van der Waals surface area contributed by atoms with Gasteiger partial charge in [-0.3, -0.25) is 0 Å². The first-order valence-electron chi connectivity index (χ1n) is 3.45. The average molecular weight is 149 g/mol. The first-order valence-corrected chi connectivity index (χ1v) is 6.54. The molecule has 0 fully saturated rings. The third-order valence-electron chi connectivity index (χ3n) is 1.23. The number of unbranched alkanes of at least 4 members (excludes halogenated alkanes) is 1. The van der Waals surface area contributed by atoms with Crippen molar-refractivity contribution in [3.8, 4) is 0 Å². The lowest BCUT2D eigenvalue weighted by Gasteiger charge is -2.08. The number of hydrogen-bond donors (Lipinski definition) is 1. The predicted molar refractivity (Wildman–Crippen MR) is 41.7 cm³/mol. The van der Waals surface area contributed by atoms with E-state index in [1.807, 2.05) is 0 Å². The van der Waals surface area contributed by atoms with Crippen LogP contribution in [-0.4, -0.2) is 15.0 Å². The van der Waals surface area contributed by atoms with Crippen molar-refractivity contribution in [1.82, 2.24) is 0 Å². The molecule has 0 unspecified atom stereocenters. The van der Waals surface area contributed by atoms with Gasteiger partial charge in [0.25, 0.3) is 0 Å². The van der Waals surface area contributed by atoms with Gasteiger partial charge in [-0.05, 0) is 32.1 Å². The normalized spacial score (nSPS) is 12.0. The van der Waals surface area contributed by atoms with Crippen molar-refractivity contribution in [1.29, 1.82) is 0 Å². The number of hydrogen-bond acceptors (Lipinski definition) is 1. The highest BCUT2D eigenvalue weighted by molar-refractivity contribution is 6.70. The van der Waals surface area contributed by atoms with Crippen molar-refractivity contribution in [2.45, 2.75) is 32.0 Å². The maximum atomic E-state index is 12.8. The van der Waals surface area contributed by atoms with Gasteiger partial charge in [-0.2, -0.15) is 0 Å². The molecule has 0 aromatic heterocycles. The van der Waals surface area contributed by atoms with Gasteiger partial charge in [-0.25, -0.2) is 0 Å². The van der Waals surface area contributed by atoms with E-state index in [4.69, 9.17) is 5.73 Å². The molecule has 0 atom stereocenters. The van der Waals surface area contributed by atoms with Crippen LogP contribution in [0.15, 0.2) is 0 Å². The van der Waals surface area contributed by atoms with Gasteiger partial charge in [0.15, 0.2) is 0 Å². The molecule has 0 aliphatic heterocycles. The summed E-state index contributed by atoms with van der Waals surface area (Å²) in [5, 5.41) is 0. The highest BCUT2D eigenvalue weighted by Crippen LogP contribution is 2.13. The average Bonchev–Trinajstić information content (AvgIpc) is 1.63. The minimum absolute atomic E-state index is 0.699. The van der Waals surface area contributed by atoms with Crippen LogP contribution in [-0.2, 0) is 0 Å². The molecule has 0 rings (SSSR count). The molecule has 1 nitrogen and oxygen atoms in total. The second-order valence-electron chi connectivity index (χ2n) is 2.96. The Morgan fingerprint density at radius 3 is 2.22 bits per heavy atom. The Hall–Kier alpha value is 0.107. The van der Waals surface area contributed by atoms with Gasteiger partial charge < -0.3 is 9.84 Å². The van der Waals surface area contributed by atoms with Gasteiger partial charge in [0.05, 0.1) is 0 Å². The first kappa shape index (κ1) is 9.11. The summed E-state index contributed by atoms with van der Waals surface area (Å²) < 4.78 is 12.8. The molecule has 0 radical (unpaired) electrons. The first-order chi connectivity index (χ1) is 4.06. The van der Waals surface area contributed by atoms with Crippen molar-refractivity contribution < 1.29 is 4.11 Å². The second kappa shape index (κ2) is 4.01. The summed E-state index contributed by atoms with van der Waals surface area (Å²) in [6.45, 7) is 4.18. The van der Waals surface area contributed by atoms with Crippen LogP contribution in [0.5, 0.6) is 0 Å². The summed E-state index contributed by atoms with van der Waals surface area (Å²) >= 11 is 0. The Balaban J connectivity index is 3.07. The van der Waals surface area contributed by atoms with E-state index in [0.29, 0.717) is 6.54 Å². The molecule has 0 bridgehead atoms. The zero-order chi connectivity index (χ0) is 7.33. The van der Waals surface area contributed by atoms with E-state index in [9.17, 15) is 4.11 Å². The maximum Gasteiger partial charge on any atom is 0.240 e. The Bertz CT molecular complexity index is 69.9. The zero-order valence-electron chi connectivity index (χ0n) is 6.28. The van der Waals surface area contributed by atoms with Gasteiger partial charge in [0.2, 0.25) is 8.41 Å². The summed E-state index contributed by atoms with van der Waals surface area (Å²) in [6, 6.07) is 0.768. The lowest BCUT2D eigenvalue weighted by atomic mass is 10.3. The third kappa shape index (κ3) is 8.11. The Kier molecular flexibility index (Phi) is 4.06. The van der Waals surface area contributed by atoms with Crippen molar-refractivity contribution >= 4 is 8.41 Å². The SMILES string of the molecule is C[Si](C)(F)CCCCN. The molecule has 9 heavy (non-hydrogen) atoms. The molecule has 0 aromatic rings. The van der Waals surface area contributed by atoms with Gasteiger partial charge in [-0.15, -0.1) is 0 Å². The Morgan fingerprint density at radius 1 is 1.33 bits per heavy atom. The molecule has 0 aromatic carbocycles. The molecular formula is C6H16FNSi. The quantitative estimate of drug-likeness (QED) is 0.369. The monoisotopic (exact) mass is 149 g/mol. The van der Waals surface area contributed by atoms with E-state index < -0.39 is 8.41 Å². The number of nitrogens with two attached hydrogens (primary N) is 1. The molecule has 0 aliphatic carbocycles. The van der Waals surface area contributed by atoms with Crippen LogP contribution in [0.3, 0.4) is 0 Å². The largest absolute Gasteiger partial charge is 0.330 e. The summed E-state index contributed by atoms with van der Waals surface area (Å²) in [4.78, 5) is 0. The summed E-state index contributed by atoms with van der Waals surface area (Å²) in [5.41, 5.74) is 5.25. The van der Waals surface area contributed by atoms with Crippen molar-refractivity contribution in [3.05, 3.63) is 0 Å². The fourth-order valence-corrected chi connectivity index (χ4v) is 1.78. The van der Waals surface area contributed by atoms with Gasteiger partial charge in [-0.1, -0.05) is 6.42 Å². The zero-order valence-corrected chi connectivity index (χ0v) is 7.28. The number of rotatable bonds is 4. The van der Waals surface area contributed by atoms with Crippen molar-refractivity contribution in [3.63, 3.8) is 0 Å².